The highest BCUT2D eigenvalue weighted by Crippen LogP contribution is 2.12. The summed E-state index contributed by atoms with van der Waals surface area (Å²) < 4.78 is 4.88. The van der Waals surface area contributed by atoms with Crippen LogP contribution in [0.5, 0.6) is 0 Å². The smallest absolute Gasteiger partial charge is 0.338 e. The van der Waals surface area contributed by atoms with Crippen LogP contribution in [0, 0.1) is 0 Å². The molecule has 0 saturated heterocycles. The fourth-order valence-electron chi connectivity index (χ4n) is 1.42. The van der Waals surface area contributed by atoms with Crippen LogP contribution in [0.2, 0.25) is 0 Å². The van der Waals surface area contributed by atoms with Crippen molar-refractivity contribution in [2.45, 2.75) is 19.8 Å². The number of amides is 1. The van der Waals surface area contributed by atoms with Crippen LogP contribution < -0.4 is 11.1 Å². The third kappa shape index (κ3) is 4.55. The van der Waals surface area contributed by atoms with Gasteiger partial charge >= 0.3 is 5.97 Å². The van der Waals surface area contributed by atoms with Gasteiger partial charge in [0, 0.05) is 12.1 Å². The molecule has 0 aromatic heterocycles. The van der Waals surface area contributed by atoms with Gasteiger partial charge in [0.2, 0.25) is 5.91 Å². The van der Waals surface area contributed by atoms with Crippen molar-refractivity contribution < 1.29 is 14.3 Å². The summed E-state index contributed by atoms with van der Waals surface area (Å²) in [6, 6.07) is 6.67. The molecule has 0 aliphatic carbocycles. The molecule has 1 aromatic rings. The zero-order valence-corrected chi connectivity index (χ0v) is 10.4. The predicted octanol–water partition coefficient (Wildman–Crippen LogP) is 1.54. The molecule has 0 atom stereocenters. The first-order chi connectivity index (χ1) is 8.67. The van der Waals surface area contributed by atoms with E-state index in [1.807, 2.05) is 0 Å². The van der Waals surface area contributed by atoms with Crippen molar-refractivity contribution in [1.82, 2.24) is 0 Å². The first kappa shape index (κ1) is 14.2. The van der Waals surface area contributed by atoms with Crippen LogP contribution in [-0.2, 0) is 9.53 Å². The number of nitrogens with two attached hydrogens (primary N) is 1. The molecule has 0 unspecified atom stereocenters. The molecule has 1 rings (SSSR count). The molecule has 98 valence electrons. The summed E-state index contributed by atoms with van der Waals surface area (Å²) in [5.41, 5.74) is 6.34. The number of esters is 1. The molecule has 1 aromatic carbocycles. The van der Waals surface area contributed by atoms with Crippen LogP contribution in [0.3, 0.4) is 0 Å². The Hall–Kier alpha value is -1.88. The van der Waals surface area contributed by atoms with E-state index in [4.69, 9.17) is 10.5 Å². The SMILES string of the molecule is CCOC(=O)c1cccc(NC(=O)CCCN)c1. The number of carbonyl (C=O) groups excluding carboxylic acids is 2. The molecular weight excluding hydrogens is 232 g/mol. The van der Waals surface area contributed by atoms with Crippen LogP contribution >= 0.6 is 0 Å². The first-order valence-electron chi connectivity index (χ1n) is 5.94. The molecule has 3 N–H and O–H groups in total. The summed E-state index contributed by atoms with van der Waals surface area (Å²) in [4.78, 5) is 23.0. The van der Waals surface area contributed by atoms with Gasteiger partial charge < -0.3 is 15.8 Å². The van der Waals surface area contributed by atoms with Gasteiger partial charge in [-0.15, -0.1) is 0 Å². The number of hydrogen-bond acceptors (Lipinski definition) is 4. The van der Waals surface area contributed by atoms with E-state index in [-0.39, 0.29) is 5.91 Å². The highest BCUT2D eigenvalue weighted by atomic mass is 16.5. The van der Waals surface area contributed by atoms with Crippen molar-refractivity contribution in [2.75, 3.05) is 18.5 Å². The Balaban J connectivity index is 2.64. The fraction of sp³-hybridized carbons (Fsp3) is 0.385. The zero-order valence-electron chi connectivity index (χ0n) is 10.4. The highest BCUT2D eigenvalue weighted by molar-refractivity contribution is 5.94. The quantitative estimate of drug-likeness (QED) is 0.750. The Morgan fingerprint density at radius 1 is 1.39 bits per heavy atom. The van der Waals surface area contributed by atoms with Gasteiger partial charge in [0.05, 0.1) is 12.2 Å². The Bertz CT molecular complexity index is 418. The van der Waals surface area contributed by atoms with Gasteiger partial charge in [-0.2, -0.15) is 0 Å². The second-order valence-electron chi connectivity index (χ2n) is 3.74. The lowest BCUT2D eigenvalue weighted by molar-refractivity contribution is -0.116. The van der Waals surface area contributed by atoms with E-state index < -0.39 is 5.97 Å². The highest BCUT2D eigenvalue weighted by Gasteiger charge is 2.08. The van der Waals surface area contributed by atoms with Crippen molar-refractivity contribution in [3.05, 3.63) is 29.8 Å². The van der Waals surface area contributed by atoms with Gasteiger partial charge in [0.25, 0.3) is 0 Å². The summed E-state index contributed by atoms with van der Waals surface area (Å²) in [6.45, 7) is 2.55. The largest absolute Gasteiger partial charge is 0.462 e. The molecule has 1 amide bonds. The molecule has 0 bridgehead atoms. The third-order valence-electron chi connectivity index (χ3n) is 2.27. The lowest BCUT2D eigenvalue weighted by atomic mass is 10.2. The minimum atomic E-state index is -0.393. The molecule has 0 heterocycles. The molecule has 0 aliphatic heterocycles. The van der Waals surface area contributed by atoms with Gasteiger partial charge in [-0.3, -0.25) is 4.79 Å². The van der Waals surface area contributed by atoms with Crippen LogP contribution in [-0.4, -0.2) is 25.0 Å². The number of anilines is 1. The number of benzene rings is 1. The fourth-order valence-corrected chi connectivity index (χ4v) is 1.42. The molecule has 18 heavy (non-hydrogen) atoms. The number of rotatable bonds is 6. The van der Waals surface area contributed by atoms with Crippen molar-refractivity contribution in [3.63, 3.8) is 0 Å². The van der Waals surface area contributed by atoms with Gasteiger partial charge in [0.15, 0.2) is 0 Å². The second kappa shape index (κ2) is 7.45. The Morgan fingerprint density at radius 2 is 2.17 bits per heavy atom. The van der Waals surface area contributed by atoms with E-state index in [9.17, 15) is 9.59 Å². The zero-order chi connectivity index (χ0) is 13.4. The molecule has 0 aliphatic rings. The Morgan fingerprint density at radius 3 is 2.83 bits per heavy atom. The van der Waals surface area contributed by atoms with Crippen LogP contribution in [0.15, 0.2) is 24.3 Å². The van der Waals surface area contributed by atoms with E-state index in [2.05, 4.69) is 5.32 Å². The van der Waals surface area contributed by atoms with Crippen LogP contribution in [0.4, 0.5) is 5.69 Å². The Labute approximate surface area is 106 Å². The summed E-state index contributed by atoms with van der Waals surface area (Å²) in [5.74, 6) is -0.503. The van der Waals surface area contributed by atoms with E-state index >= 15 is 0 Å². The minimum Gasteiger partial charge on any atom is -0.462 e. The molecular formula is C13H18N2O3. The summed E-state index contributed by atoms with van der Waals surface area (Å²) >= 11 is 0. The van der Waals surface area contributed by atoms with Crippen LogP contribution in [0.1, 0.15) is 30.1 Å². The van der Waals surface area contributed by atoms with Crippen molar-refractivity contribution in [2.24, 2.45) is 5.73 Å². The van der Waals surface area contributed by atoms with Gasteiger partial charge in [-0.1, -0.05) is 6.07 Å². The molecule has 0 fully saturated rings. The van der Waals surface area contributed by atoms with Crippen LogP contribution in [0.25, 0.3) is 0 Å². The number of hydrogen-bond donors (Lipinski definition) is 2. The first-order valence-corrected chi connectivity index (χ1v) is 5.94. The number of carbonyl (C=O) groups is 2. The normalized spacial score (nSPS) is 9.89. The molecule has 5 heteroatoms. The number of nitrogens with one attached hydrogen (secondary N) is 1. The maximum Gasteiger partial charge on any atom is 0.338 e. The Kier molecular flexibility index (Phi) is 5.87. The van der Waals surface area contributed by atoms with Crippen molar-refractivity contribution in [3.8, 4) is 0 Å². The van der Waals surface area contributed by atoms with Crippen molar-refractivity contribution in [1.29, 1.82) is 0 Å². The van der Waals surface area contributed by atoms with Gasteiger partial charge in [-0.25, -0.2) is 4.79 Å². The second-order valence-corrected chi connectivity index (χ2v) is 3.74. The topological polar surface area (TPSA) is 81.4 Å². The van der Waals surface area contributed by atoms with E-state index in [1.165, 1.54) is 0 Å². The molecule has 0 saturated carbocycles. The number of ether oxygens (including phenoxy) is 1. The molecule has 0 spiro atoms. The minimum absolute atomic E-state index is 0.110. The average molecular weight is 250 g/mol. The van der Waals surface area contributed by atoms with Gasteiger partial charge in [0.1, 0.15) is 0 Å². The summed E-state index contributed by atoms with van der Waals surface area (Å²) in [6.07, 6.45) is 1.02. The molecule has 0 radical (unpaired) electrons. The predicted molar refractivity (Wildman–Crippen MR) is 69.3 cm³/mol. The standard InChI is InChI=1S/C13H18N2O3/c1-2-18-13(17)10-5-3-6-11(9-10)15-12(16)7-4-8-14/h3,5-6,9H,2,4,7-8,14H2,1H3,(H,15,16). The van der Waals surface area contributed by atoms with E-state index in [1.54, 1.807) is 31.2 Å². The van der Waals surface area contributed by atoms with Crippen molar-refractivity contribution >= 4 is 17.6 Å². The lowest BCUT2D eigenvalue weighted by Gasteiger charge is -2.07. The lowest BCUT2D eigenvalue weighted by Crippen LogP contribution is -2.14. The maximum absolute atomic E-state index is 11.5. The van der Waals surface area contributed by atoms with E-state index in [0.29, 0.717) is 37.2 Å². The third-order valence-corrected chi connectivity index (χ3v) is 2.27. The van der Waals surface area contributed by atoms with E-state index in [0.717, 1.165) is 0 Å². The molecule has 5 nitrogen and oxygen atoms in total. The maximum atomic E-state index is 11.5. The average Bonchev–Trinajstić information content (AvgIpc) is 2.37. The summed E-state index contributed by atoms with van der Waals surface area (Å²) in [5, 5.41) is 2.71. The van der Waals surface area contributed by atoms with Gasteiger partial charge in [-0.05, 0) is 38.1 Å². The monoisotopic (exact) mass is 250 g/mol. The summed E-state index contributed by atoms with van der Waals surface area (Å²) in [7, 11) is 0.